The van der Waals surface area contributed by atoms with Gasteiger partial charge in [-0.25, -0.2) is 9.97 Å². The third kappa shape index (κ3) is 5.54. The number of rotatable bonds is 8. The molecule has 2 N–H and O–H groups in total. The van der Waals surface area contributed by atoms with Gasteiger partial charge in [0.1, 0.15) is 30.2 Å². The van der Waals surface area contributed by atoms with Crippen molar-refractivity contribution in [3.05, 3.63) is 78.2 Å². The number of carbonyl (C=O) groups excluding carboxylic acids is 1. The maximum absolute atomic E-state index is 12.0. The molecule has 0 aliphatic carbocycles. The highest BCUT2D eigenvalue weighted by Gasteiger charge is 2.08. The van der Waals surface area contributed by atoms with E-state index in [1.165, 1.54) is 6.33 Å². The lowest BCUT2D eigenvalue weighted by Crippen LogP contribution is -2.25. The van der Waals surface area contributed by atoms with Crippen LogP contribution in [0.15, 0.2) is 67.0 Å². The van der Waals surface area contributed by atoms with Crippen molar-refractivity contribution in [2.45, 2.75) is 20.0 Å². The van der Waals surface area contributed by atoms with Crippen LogP contribution in [0.1, 0.15) is 29.4 Å². The van der Waals surface area contributed by atoms with Gasteiger partial charge < -0.3 is 15.4 Å². The average Bonchev–Trinajstić information content (AvgIpc) is 2.72. The maximum atomic E-state index is 12.0. The molecule has 0 bridgehead atoms. The summed E-state index contributed by atoms with van der Waals surface area (Å²) in [5.41, 5.74) is 2.30. The molecule has 0 unspecified atom stereocenters. The van der Waals surface area contributed by atoms with E-state index < -0.39 is 0 Å². The molecule has 6 nitrogen and oxygen atoms in total. The summed E-state index contributed by atoms with van der Waals surface area (Å²) in [4.78, 5) is 20.2. The highest BCUT2D eigenvalue weighted by Crippen LogP contribution is 2.20. The minimum absolute atomic E-state index is 0.202. The third-order valence-corrected chi connectivity index (χ3v) is 3.81. The number of anilines is 2. The van der Waals surface area contributed by atoms with Gasteiger partial charge in [-0.2, -0.15) is 0 Å². The van der Waals surface area contributed by atoms with Crippen molar-refractivity contribution in [1.29, 1.82) is 0 Å². The molecule has 6 heteroatoms. The molecule has 0 saturated carbocycles. The number of carbonyl (C=O) groups is 1. The molecule has 0 radical (unpaired) electrons. The minimum Gasteiger partial charge on any atom is -0.489 e. The third-order valence-electron chi connectivity index (χ3n) is 3.81. The number of aromatic nitrogens is 2. The fourth-order valence-corrected chi connectivity index (χ4v) is 2.40. The van der Waals surface area contributed by atoms with Crippen LogP contribution in [-0.2, 0) is 6.61 Å². The van der Waals surface area contributed by atoms with E-state index in [-0.39, 0.29) is 5.91 Å². The van der Waals surface area contributed by atoms with Crippen LogP contribution in [0.25, 0.3) is 0 Å². The van der Waals surface area contributed by atoms with E-state index >= 15 is 0 Å². The lowest BCUT2D eigenvalue weighted by Gasteiger charge is -2.09. The zero-order valence-corrected chi connectivity index (χ0v) is 15.2. The SMILES string of the molecule is CCCNC(=O)c1cc(Nc2ccc(OCc3ccccc3)cc2)ncn1. The summed E-state index contributed by atoms with van der Waals surface area (Å²) in [6.07, 6.45) is 2.25. The lowest BCUT2D eigenvalue weighted by molar-refractivity contribution is 0.0948. The zero-order valence-electron chi connectivity index (χ0n) is 15.2. The van der Waals surface area contributed by atoms with Gasteiger partial charge in [-0.3, -0.25) is 4.79 Å². The number of hydrogen-bond acceptors (Lipinski definition) is 5. The molecule has 1 aromatic heterocycles. The molecule has 0 aliphatic heterocycles. The Kier molecular flexibility index (Phi) is 6.35. The van der Waals surface area contributed by atoms with Crippen molar-refractivity contribution >= 4 is 17.4 Å². The number of benzene rings is 2. The van der Waals surface area contributed by atoms with Crippen LogP contribution in [0.4, 0.5) is 11.5 Å². The standard InChI is InChI=1S/C21H22N4O2/c1-2-12-22-21(26)19-13-20(24-15-23-19)25-17-8-10-18(11-9-17)27-14-16-6-4-3-5-7-16/h3-11,13,15H,2,12,14H2,1H3,(H,22,26)(H,23,24,25). The molecule has 0 saturated heterocycles. The summed E-state index contributed by atoms with van der Waals surface area (Å²) in [5.74, 6) is 1.14. The number of hydrogen-bond donors (Lipinski definition) is 2. The predicted molar refractivity (Wildman–Crippen MR) is 105 cm³/mol. The van der Waals surface area contributed by atoms with E-state index in [1.807, 2.05) is 61.5 Å². The second-order valence-electron chi connectivity index (χ2n) is 5.97. The summed E-state index contributed by atoms with van der Waals surface area (Å²) >= 11 is 0. The summed E-state index contributed by atoms with van der Waals surface area (Å²) in [6.45, 7) is 3.15. The van der Waals surface area contributed by atoms with Crippen LogP contribution in [0, 0.1) is 0 Å². The quantitative estimate of drug-likeness (QED) is 0.635. The predicted octanol–water partition coefficient (Wildman–Crippen LogP) is 3.94. The molecule has 1 amide bonds. The van der Waals surface area contributed by atoms with E-state index in [1.54, 1.807) is 6.07 Å². The van der Waals surface area contributed by atoms with Gasteiger partial charge in [0.15, 0.2) is 0 Å². The van der Waals surface area contributed by atoms with Crippen LogP contribution in [0.2, 0.25) is 0 Å². The van der Waals surface area contributed by atoms with Crippen LogP contribution in [0.3, 0.4) is 0 Å². The summed E-state index contributed by atoms with van der Waals surface area (Å²) in [5, 5.41) is 5.97. The molecule has 1 heterocycles. The van der Waals surface area contributed by atoms with Gasteiger partial charge >= 0.3 is 0 Å². The fourth-order valence-electron chi connectivity index (χ4n) is 2.40. The minimum atomic E-state index is -0.202. The zero-order chi connectivity index (χ0) is 18.9. The van der Waals surface area contributed by atoms with Crippen molar-refractivity contribution < 1.29 is 9.53 Å². The van der Waals surface area contributed by atoms with E-state index in [0.717, 1.165) is 23.4 Å². The Labute approximate surface area is 158 Å². The first-order valence-corrected chi connectivity index (χ1v) is 8.88. The first-order valence-electron chi connectivity index (χ1n) is 8.88. The molecule has 3 aromatic rings. The Bertz CT molecular complexity index is 867. The van der Waals surface area contributed by atoms with Crippen LogP contribution >= 0.6 is 0 Å². The van der Waals surface area contributed by atoms with Gasteiger partial charge in [0.05, 0.1) is 0 Å². The molecule has 3 rings (SSSR count). The van der Waals surface area contributed by atoms with Crippen molar-refractivity contribution in [2.24, 2.45) is 0 Å². The highest BCUT2D eigenvalue weighted by molar-refractivity contribution is 5.92. The molecular weight excluding hydrogens is 340 g/mol. The van der Waals surface area contributed by atoms with Gasteiger partial charge in [-0.05, 0) is 36.2 Å². The van der Waals surface area contributed by atoms with E-state index in [4.69, 9.17) is 4.74 Å². The highest BCUT2D eigenvalue weighted by atomic mass is 16.5. The number of nitrogens with one attached hydrogen (secondary N) is 2. The largest absolute Gasteiger partial charge is 0.489 e. The van der Waals surface area contributed by atoms with Crippen molar-refractivity contribution in [2.75, 3.05) is 11.9 Å². The first-order chi connectivity index (χ1) is 13.2. The summed E-state index contributed by atoms with van der Waals surface area (Å²) < 4.78 is 5.78. The van der Waals surface area contributed by atoms with Crippen molar-refractivity contribution in [3.8, 4) is 5.75 Å². The van der Waals surface area contributed by atoms with Gasteiger partial charge in [0.2, 0.25) is 0 Å². The Morgan fingerprint density at radius 2 is 1.81 bits per heavy atom. The Hall–Kier alpha value is -3.41. The molecule has 0 spiro atoms. The van der Waals surface area contributed by atoms with E-state index in [0.29, 0.717) is 24.7 Å². The first kappa shape index (κ1) is 18.4. The molecule has 0 aliphatic rings. The van der Waals surface area contributed by atoms with Crippen LogP contribution in [0.5, 0.6) is 5.75 Å². The van der Waals surface area contributed by atoms with Gasteiger partial charge in [0.25, 0.3) is 5.91 Å². The van der Waals surface area contributed by atoms with Gasteiger partial charge in [-0.15, -0.1) is 0 Å². The van der Waals surface area contributed by atoms with Crippen LogP contribution < -0.4 is 15.4 Å². The summed E-state index contributed by atoms with van der Waals surface area (Å²) in [7, 11) is 0. The molecule has 0 fully saturated rings. The molecule has 2 aromatic carbocycles. The second-order valence-corrected chi connectivity index (χ2v) is 5.97. The van der Waals surface area contributed by atoms with E-state index in [9.17, 15) is 4.79 Å². The molecule has 138 valence electrons. The number of ether oxygens (including phenoxy) is 1. The van der Waals surface area contributed by atoms with Crippen molar-refractivity contribution in [1.82, 2.24) is 15.3 Å². The topological polar surface area (TPSA) is 76.1 Å². The number of nitrogens with zero attached hydrogens (tertiary/aromatic N) is 2. The fraction of sp³-hybridized carbons (Fsp3) is 0.190. The Morgan fingerprint density at radius 1 is 1.04 bits per heavy atom. The Balaban J connectivity index is 1.58. The monoisotopic (exact) mass is 362 g/mol. The van der Waals surface area contributed by atoms with E-state index in [2.05, 4.69) is 20.6 Å². The Morgan fingerprint density at radius 3 is 2.56 bits per heavy atom. The smallest absolute Gasteiger partial charge is 0.270 e. The van der Waals surface area contributed by atoms with Gasteiger partial charge in [0, 0.05) is 18.3 Å². The second kappa shape index (κ2) is 9.33. The molecule has 27 heavy (non-hydrogen) atoms. The average molecular weight is 362 g/mol. The lowest BCUT2D eigenvalue weighted by atomic mass is 10.2. The summed E-state index contributed by atoms with van der Waals surface area (Å²) in [6, 6.07) is 19.2. The van der Waals surface area contributed by atoms with Gasteiger partial charge in [-0.1, -0.05) is 37.3 Å². The number of amides is 1. The van der Waals surface area contributed by atoms with Crippen molar-refractivity contribution in [3.63, 3.8) is 0 Å². The van der Waals surface area contributed by atoms with Crippen LogP contribution in [-0.4, -0.2) is 22.4 Å². The normalized spacial score (nSPS) is 10.3. The molecular formula is C21H22N4O2. The molecule has 0 atom stereocenters. The maximum Gasteiger partial charge on any atom is 0.270 e.